The molecule has 4 heterocycles. The van der Waals surface area contributed by atoms with Gasteiger partial charge in [0.2, 0.25) is 11.5 Å². The van der Waals surface area contributed by atoms with Crippen molar-refractivity contribution < 1.29 is 41.7 Å². The van der Waals surface area contributed by atoms with Crippen LogP contribution in [0.25, 0.3) is 16.9 Å². The molecule has 1 aliphatic heterocycles. The Labute approximate surface area is 254 Å². The molecule has 4 N–H and O–H groups in total. The van der Waals surface area contributed by atoms with Gasteiger partial charge in [0.25, 0.3) is 5.91 Å². The molecule has 1 saturated carbocycles. The number of ether oxygens (including phenoxy) is 2. The number of fused-ring (bicyclic) bond motifs is 2. The third kappa shape index (κ3) is 5.02. The van der Waals surface area contributed by atoms with Crippen LogP contribution in [-0.4, -0.2) is 57.7 Å². The first-order chi connectivity index (χ1) is 21.3. The molecule has 2 atom stereocenters. The number of amides is 2. The molecule has 2 amide bonds. The summed E-state index contributed by atoms with van der Waals surface area (Å²) in [5.74, 6) is -1.83. The van der Waals surface area contributed by atoms with E-state index in [2.05, 4.69) is 15.3 Å². The van der Waals surface area contributed by atoms with Gasteiger partial charge in [0.1, 0.15) is 29.3 Å². The van der Waals surface area contributed by atoms with Gasteiger partial charge in [0, 0.05) is 29.4 Å². The molecule has 1 aromatic carbocycles. The van der Waals surface area contributed by atoms with E-state index in [4.69, 9.17) is 15.2 Å². The number of hydrogen-bond acceptors (Lipinski definition) is 7. The average Bonchev–Trinajstić information content (AvgIpc) is 3.65. The Kier molecular flexibility index (Phi) is 7.22. The van der Waals surface area contributed by atoms with Crippen LogP contribution in [0.2, 0.25) is 0 Å². The largest absolute Gasteiger partial charge is 0.493 e. The number of nitrogens with two attached hydrogens (primary N) is 1. The quantitative estimate of drug-likeness (QED) is 0.237. The van der Waals surface area contributed by atoms with Crippen molar-refractivity contribution in [2.24, 2.45) is 5.73 Å². The number of carbonyl (C=O) groups excluding carboxylic acids is 2. The first-order valence-corrected chi connectivity index (χ1v) is 14.2. The van der Waals surface area contributed by atoms with Crippen LogP contribution in [0.3, 0.4) is 0 Å². The topological polar surface area (TPSA) is 141 Å². The van der Waals surface area contributed by atoms with Gasteiger partial charge >= 0.3 is 6.18 Å². The van der Waals surface area contributed by atoms with Crippen LogP contribution in [0.1, 0.15) is 59.4 Å². The number of carbonyl (C=O) groups is 2. The summed E-state index contributed by atoms with van der Waals surface area (Å²) in [5.41, 5.74) is 0.804. The number of hydrogen-bond donors (Lipinski definition) is 3. The number of aliphatic hydroxyl groups is 1. The second-order valence-corrected chi connectivity index (χ2v) is 11.3. The lowest BCUT2D eigenvalue weighted by Crippen LogP contribution is -2.52. The number of nitrogens with one attached hydrogen (secondary N) is 1. The van der Waals surface area contributed by atoms with Crippen LogP contribution in [-0.2, 0) is 15.8 Å². The number of alkyl halides is 3. The number of imidazole rings is 1. The van der Waals surface area contributed by atoms with E-state index in [1.54, 1.807) is 17.5 Å². The van der Waals surface area contributed by atoms with Gasteiger partial charge in [-0.3, -0.25) is 9.59 Å². The molecular formula is C31H29F4N5O5. The number of primary amides is 1. The zero-order chi connectivity index (χ0) is 32.3. The summed E-state index contributed by atoms with van der Waals surface area (Å²) >= 11 is 0. The van der Waals surface area contributed by atoms with Crippen molar-refractivity contribution >= 4 is 17.5 Å². The molecule has 4 aromatic rings. The lowest BCUT2D eigenvalue weighted by molar-refractivity contribution is -0.265. The SMILES string of the molecule is CC[C@@]1(C(N)=O)COc2c1cc(C(O)(CNC(=O)c1cc(OC)c3nc(C4CC4)cn3c1)C(F)(F)F)nc2-c1ccc(F)cc1. The van der Waals surface area contributed by atoms with Crippen molar-refractivity contribution in [2.45, 2.75) is 49.3 Å². The normalized spacial score (nSPS) is 19.1. The molecule has 0 radical (unpaired) electrons. The van der Waals surface area contributed by atoms with E-state index in [9.17, 15) is 32.3 Å². The number of aromatic nitrogens is 3. The predicted octanol–water partition coefficient (Wildman–Crippen LogP) is 4.13. The van der Waals surface area contributed by atoms with Gasteiger partial charge in [0.05, 0.1) is 30.6 Å². The summed E-state index contributed by atoms with van der Waals surface area (Å²) < 4.78 is 70.8. The van der Waals surface area contributed by atoms with Crippen molar-refractivity contribution in [3.8, 4) is 22.8 Å². The Morgan fingerprint density at radius 1 is 1.18 bits per heavy atom. The maximum Gasteiger partial charge on any atom is 0.424 e. The van der Waals surface area contributed by atoms with Crippen LogP contribution in [0.5, 0.6) is 11.5 Å². The molecule has 0 saturated heterocycles. The molecular weight excluding hydrogens is 598 g/mol. The summed E-state index contributed by atoms with van der Waals surface area (Å²) in [4.78, 5) is 34.6. The first kappa shape index (κ1) is 30.3. The Bertz CT molecular complexity index is 1820. The van der Waals surface area contributed by atoms with Gasteiger partial charge in [0.15, 0.2) is 11.4 Å². The fourth-order valence-electron chi connectivity index (χ4n) is 5.58. The third-order valence-electron chi connectivity index (χ3n) is 8.56. The highest BCUT2D eigenvalue weighted by Gasteiger charge is 2.58. The first-order valence-electron chi connectivity index (χ1n) is 14.2. The second kappa shape index (κ2) is 10.7. The summed E-state index contributed by atoms with van der Waals surface area (Å²) in [5, 5.41) is 13.5. The molecule has 2 aliphatic rings. The molecule has 0 spiro atoms. The van der Waals surface area contributed by atoms with Crippen molar-refractivity contribution in [3.05, 3.63) is 77.1 Å². The van der Waals surface area contributed by atoms with Gasteiger partial charge in [-0.15, -0.1) is 0 Å². The molecule has 6 rings (SSSR count). The maximum absolute atomic E-state index is 14.8. The highest BCUT2D eigenvalue weighted by atomic mass is 19.4. The standard InChI is InChI=1S/C31H29F4N5O5/c1-3-29(28(36)42)15-45-25-20(29)11-23(39-24(25)17-6-8-19(32)9-7-17)30(43,31(33,34)35)14-37-27(41)18-10-22(44-2)26-38-21(16-4-5-16)13-40(26)12-18/h6-13,16,43H,3-5,14-15H2,1-2H3,(H2,36,42)(H,37,41)/t29-,30?/m1/s1. The molecule has 45 heavy (non-hydrogen) atoms. The van der Waals surface area contributed by atoms with E-state index < -0.39 is 47.1 Å². The highest BCUT2D eigenvalue weighted by Crippen LogP contribution is 2.49. The summed E-state index contributed by atoms with van der Waals surface area (Å²) in [7, 11) is 1.38. The number of rotatable bonds is 9. The van der Waals surface area contributed by atoms with Crippen LogP contribution in [0.4, 0.5) is 17.6 Å². The van der Waals surface area contributed by atoms with E-state index in [0.29, 0.717) is 11.6 Å². The summed E-state index contributed by atoms with van der Waals surface area (Å²) in [6, 6.07) is 7.01. The van der Waals surface area contributed by atoms with Crippen LogP contribution < -0.4 is 20.5 Å². The zero-order valence-corrected chi connectivity index (χ0v) is 24.2. The van der Waals surface area contributed by atoms with Crippen molar-refractivity contribution in [1.29, 1.82) is 0 Å². The molecule has 1 aliphatic carbocycles. The Balaban J connectivity index is 1.41. The molecule has 1 fully saturated rings. The number of nitrogens with zero attached hydrogens (tertiary/aromatic N) is 3. The van der Waals surface area contributed by atoms with Gasteiger partial charge in [-0.2, -0.15) is 13.2 Å². The monoisotopic (exact) mass is 627 g/mol. The van der Waals surface area contributed by atoms with Crippen LogP contribution >= 0.6 is 0 Å². The van der Waals surface area contributed by atoms with Crippen molar-refractivity contribution in [1.82, 2.24) is 19.7 Å². The molecule has 3 aromatic heterocycles. The number of benzene rings is 1. The van der Waals surface area contributed by atoms with E-state index in [1.165, 1.54) is 31.5 Å². The maximum atomic E-state index is 14.8. The zero-order valence-electron chi connectivity index (χ0n) is 24.2. The van der Waals surface area contributed by atoms with Crippen LogP contribution in [0, 0.1) is 5.82 Å². The van der Waals surface area contributed by atoms with Crippen LogP contribution in [0.15, 0.2) is 48.8 Å². The van der Waals surface area contributed by atoms with Crippen molar-refractivity contribution in [2.75, 3.05) is 20.3 Å². The van der Waals surface area contributed by atoms with Gasteiger partial charge in [-0.05, 0) is 55.7 Å². The fourth-order valence-corrected chi connectivity index (χ4v) is 5.58. The molecule has 1 unspecified atom stereocenters. The summed E-state index contributed by atoms with van der Waals surface area (Å²) in [6.45, 7) is 0.0177. The lowest BCUT2D eigenvalue weighted by atomic mass is 9.78. The minimum atomic E-state index is -5.35. The molecule has 236 valence electrons. The third-order valence-corrected chi connectivity index (χ3v) is 8.56. The Morgan fingerprint density at radius 2 is 1.89 bits per heavy atom. The minimum absolute atomic E-state index is 0.00223. The van der Waals surface area contributed by atoms with E-state index in [0.717, 1.165) is 36.7 Å². The fraction of sp³-hybridized carbons (Fsp3) is 0.355. The number of methoxy groups -OCH3 is 1. The molecule has 0 bridgehead atoms. The van der Waals surface area contributed by atoms with E-state index >= 15 is 0 Å². The van der Waals surface area contributed by atoms with E-state index in [-0.39, 0.29) is 46.9 Å². The molecule has 10 nitrogen and oxygen atoms in total. The smallest absolute Gasteiger partial charge is 0.424 e. The Hall–Kier alpha value is -4.72. The second-order valence-electron chi connectivity index (χ2n) is 11.3. The van der Waals surface area contributed by atoms with E-state index in [1.807, 2.05) is 0 Å². The summed E-state index contributed by atoms with van der Waals surface area (Å²) in [6.07, 6.45) is -0.152. The average molecular weight is 628 g/mol. The predicted molar refractivity (Wildman–Crippen MR) is 152 cm³/mol. The minimum Gasteiger partial charge on any atom is -0.493 e. The van der Waals surface area contributed by atoms with Crippen molar-refractivity contribution in [3.63, 3.8) is 0 Å². The Morgan fingerprint density at radius 3 is 2.49 bits per heavy atom. The molecule has 14 heteroatoms. The van der Waals surface area contributed by atoms with Gasteiger partial charge < -0.3 is 30.0 Å². The van der Waals surface area contributed by atoms with Gasteiger partial charge in [-0.1, -0.05) is 6.92 Å². The number of halogens is 4. The highest BCUT2D eigenvalue weighted by molar-refractivity contribution is 5.95. The number of pyridine rings is 2. The lowest BCUT2D eigenvalue weighted by Gasteiger charge is -2.32. The van der Waals surface area contributed by atoms with Gasteiger partial charge in [-0.25, -0.2) is 14.4 Å².